The van der Waals surface area contributed by atoms with Crippen molar-refractivity contribution in [1.82, 2.24) is 10.3 Å². The van der Waals surface area contributed by atoms with Gasteiger partial charge in [0.1, 0.15) is 22.9 Å². The second kappa shape index (κ2) is 9.95. The molecule has 0 unspecified atom stereocenters. The molecule has 0 bridgehead atoms. The summed E-state index contributed by atoms with van der Waals surface area (Å²) in [5.74, 6) is 0.521. The number of amides is 1. The molecule has 8 heteroatoms. The summed E-state index contributed by atoms with van der Waals surface area (Å²) in [6.45, 7) is 0.180. The van der Waals surface area contributed by atoms with Crippen molar-refractivity contribution in [3.05, 3.63) is 94.7 Å². The molecule has 2 aromatic heterocycles. The molecule has 0 saturated heterocycles. The summed E-state index contributed by atoms with van der Waals surface area (Å²) < 4.78 is 29.7. The maximum absolute atomic E-state index is 13.5. The number of H-pyrrole nitrogens is 1. The molecule has 5 aromatic rings. The summed E-state index contributed by atoms with van der Waals surface area (Å²) in [6.07, 6.45) is 2.36. The largest absolute Gasteiger partial charge is 0.497 e. The van der Waals surface area contributed by atoms with E-state index in [1.807, 2.05) is 30.5 Å². The van der Waals surface area contributed by atoms with Gasteiger partial charge >= 0.3 is 5.63 Å². The number of hydrogen-bond acceptors (Lipinski definition) is 5. The Kier molecular flexibility index (Phi) is 6.40. The van der Waals surface area contributed by atoms with Crippen molar-refractivity contribution >= 4 is 27.8 Å². The Labute approximate surface area is 205 Å². The average molecular weight is 486 g/mol. The minimum Gasteiger partial charge on any atom is -0.497 e. The summed E-state index contributed by atoms with van der Waals surface area (Å²) >= 11 is 0. The normalized spacial score (nSPS) is 11.1. The molecular weight excluding hydrogens is 463 g/mol. The third-order valence-corrected chi connectivity index (χ3v) is 5.93. The minimum absolute atomic E-state index is 0.198. The molecule has 0 aliphatic rings. The molecule has 5 rings (SSSR count). The summed E-state index contributed by atoms with van der Waals surface area (Å²) in [4.78, 5) is 27.6. The molecule has 2 N–H and O–H groups in total. The Balaban J connectivity index is 1.22. The molecular formula is C28H23FN2O5. The number of fused-ring (bicyclic) bond motifs is 2. The Bertz CT molecular complexity index is 1600. The maximum Gasteiger partial charge on any atom is 0.336 e. The van der Waals surface area contributed by atoms with E-state index in [-0.39, 0.29) is 18.3 Å². The van der Waals surface area contributed by atoms with Crippen LogP contribution in [-0.2, 0) is 11.2 Å². The number of methoxy groups -OCH3 is 1. The molecule has 36 heavy (non-hydrogen) atoms. The Morgan fingerprint density at radius 1 is 1.00 bits per heavy atom. The zero-order valence-electron chi connectivity index (χ0n) is 19.5. The van der Waals surface area contributed by atoms with E-state index >= 15 is 0 Å². The third kappa shape index (κ3) is 4.93. The lowest BCUT2D eigenvalue weighted by Crippen LogP contribution is -2.30. The van der Waals surface area contributed by atoms with Crippen LogP contribution in [0.1, 0.15) is 5.56 Å². The van der Waals surface area contributed by atoms with Crippen LogP contribution in [-0.4, -0.2) is 31.2 Å². The molecule has 2 heterocycles. The number of aromatic nitrogens is 1. The van der Waals surface area contributed by atoms with Gasteiger partial charge in [0.25, 0.3) is 5.91 Å². The van der Waals surface area contributed by atoms with Crippen molar-refractivity contribution < 1.29 is 23.1 Å². The van der Waals surface area contributed by atoms with Crippen LogP contribution in [0.3, 0.4) is 0 Å². The lowest BCUT2D eigenvalue weighted by Gasteiger charge is -2.10. The first-order valence-corrected chi connectivity index (χ1v) is 11.4. The van der Waals surface area contributed by atoms with E-state index in [1.54, 1.807) is 31.4 Å². The van der Waals surface area contributed by atoms with Gasteiger partial charge in [0, 0.05) is 41.2 Å². The predicted octanol–water partition coefficient (Wildman–Crippen LogP) is 4.83. The van der Waals surface area contributed by atoms with E-state index in [0.717, 1.165) is 38.7 Å². The van der Waals surface area contributed by atoms with E-state index in [2.05, 4.69) is 10.3 Å². The van der Waals surface area contributed by atoms with Crippen molar-refractivity contribution in [1.29, 1.82) is 0 Å². The smallest absolute Gasteiger partial charge is 0.336 e. The maximum atomic E-state index is 13.5. The number of nitrogens with one attached hydrogen (secondary N) is 2. The molecule has 7 nitrogen and oxygen atoms in total. The van der Waals surface area contributed by atoms with E-state index in [1.165, 1.54) is 18.2 Å². The first-order chi connectivity index (χ1) is 17.5. The van der Waals surface area contributed by atoms with Gasteiger partial charge in [-0.25, -0.2) is 9.18 Å². The van der Waals surface area contributed by atoms with Crippen LogP contribution in [0.4, 0.5) is 4.39 Å². The number of ether oxygens (including phenoxy) is 2. The van der Waals surface area contributed by atoms with Crippen molar-refractivity contribution in [2.45, 2.75) is 6.42 Å². The average Bonchev–Trinajstić information content (AvgIpc) is 3.28. The number of hydrogen-bond donors (Lipinski definition) is 2. The summed E-state index contributed by atoms with van der Waals surface area (Å²) in [5, 5.41) is 4.34. The minimum atomic E-state index is -0.486. The molecule has 0 spiro atoms. The molecule has 3 aromatic carbocycles. The van der Waals surface area contributed by atoms with Gasteiger partial charge < -0.3 is 24.2 Å². The molecule has 1 amide bonds. The molecule has 0 saturated carbocycles. The van der Waals surface area contributed by atoms with Crippen LogP contribution in [0.5, 0.6) is 11.5 Å². The number of benzene rings is 3. The highest BCUT2D eigenvalue weighted by atomic mass is 19.1. The predicted molar refractivity (Wildman–Crippen MR) is 135 cm³/mol. The summed E-state index contributed by atoms with van der Waals surface area (Å²) in [7, 11) is 1.59. The van der Waals surface area contributed by atoms with E-state index < -0.39 is 5.63 Å². The topological polar surface area (TPSA) is 93.6 Å². The van der Waals surface area contributed by atoms with Crippen LogP contribution in [0, 0.1) is 5.82 Å². The highest BCUT2D eigenvalue weighted by Gasteiger charge is 2.11. The van der Waals surface area contributed by atoms with Gasteiger partial charge in [-0.3, -0.25) is 4.79 Å². The number of halogens is 1. The standard InChI is InChI=1S/C28H23FN2O5/c1-34-20-5-2-17(3-6-20)23-14-28(33)36-26-13-21(7-8-22(23)26)35-16-27(32)30-11-10-18-15-31-25-9-4-19(29)12-24(18)25/h2-9,12-15,31H,10-11,16H2,1H3,(H,30,32). The Morgan fingerprint density at radius 3 is 2.61 bits per heavy atom. The zero-order valence-corrected chi connectivity index (χ0v) is 19.5. The monoisotopic (exact) mass is 486 g/mol. The van der Waals surface area contributed by atoms with Crippen LogP contribution in [0.25, 0.3) is 33.0 Å². The summed E-state index contributed by atoms with van der Waals surface area (Å²) in [6, 6.07) is 18.5. The van der Waals surface area contributed by atoms with Gasteiger partial charge in [-0.05, 0) is 65.6 Å². The van der Waals surface area contributed by atoms with Gasteiger partial charge in [0.2, 0.25) is 0 Å². The van der Waals surface area contributed by atoms with Gasteiger partial charge in [0.05, 0.1) is 7.11 Å². The number of rotatable bonds is 8. The zero-order chi connectivity index (χ0) is 25.1. The molecule has 0 aliphatic heterocycles. The van der Waals surface area contributed by atoms with Gasteiger partial charge in [-0.15, -0.1) is 0 Å². The second-order valence-electron chi connectivity index (χ2n) is 8.26. The molecule has 0 fully saturated rings. The Morgan fingerprint density at radius 2 is 1.81 bits per heavy atom. The third-order valence-electron chi connectivity index (χ3n) is 5.93. The number of aromatic amines is 1. The molecule has 0 atom stereocenters. The van der Waals surface area contributed by atoms with Gasteiger partial charge in [-0.1, -0.05) is 12.1 Å². The lowest BCUT2D eigenvalue weighted by atomic mass is 10.0. The van der Waals surface area contributed by atoms with Gasteiger partial charge in [-0.2, -0.15) is 0 Å². The first kappa shape index (κ1) is 23.2. The highest BCUT2D eigenvalue weighted by molar-refractivity contribution is 5.94. The van der Waals surface area contributed by atoms with Crippen LogP contribution >= 0.6 is 0 Å². The molecule has 0 aliphatic carbocycles. The van der Waals surface area contributed by atoms with Crippen LogP contribution in [0.15, 0.2) is 82.1 Å². The quantitative estimate of drug-likeness (QED) is 0.307. The van der Waals surface area contributed by atoms with Crippen molar-refractivity contribution in [2.24, 2.45) is 0 Å². The van der Waals surface area contributed by atoms with Gasteiger partial charge in [0.15, 0.2) is 6.61 Å². The molecule has 0 radical (unpaired) electrons. The number of carbonyl (C=O) groups is 1. The second-order valence-corrected chi connectivity index (χ2v) is 8.26. The fraction of sp³-hybridized carbons (Fsp3) is 0.143. The van der Waals surface area contributed by atoms with Crippen molar-refractivity contribution in [3.63, 3.8) is 0 Å². The van der Waals surface area contributed by atoms with Crippen molar-refractivity contribution in [2.75, 3.05) is 20.3 Å². The van der Waals surface area contributed by atoms with Crippen LogP contribution < -0.4 is 20.4 Å². The fourth-order valence-electron chi connectivity index (χ4n) is 4.14. The van der Waals surface area contributed by atoms with E-state index in [0.29, 0.717) is 24.3 Å². The Hall–Kier alpha value is -4.59. The lowest BCUT2D eigenvalue weighted by molar-refractivity contribution is -0.123. The fourth-order valence-corrected chi connectivity index (χ4v) is 4.14. The number of carbonyl (C=O) groups excluding carboxylic acids is 1. The van der Waals surface area contributed by atoms with E-state index in [9.17, 15) is 14.0 Å². The van der Waals surface area contributed by atoms with Crippen molar-refractivity contribution in [3.8, 4) is 22.6 Å². The van der Waals surface area contributed by atoms with E-state index in [4.69, 9.17) is 13.9 Å². The molecule has 182 valence electrons. The highest BCUT2D eigenvalue weighted by Crippen LogP contribution is 2.30. The SMILES string of the molecule is COc1ccc(-c2cc(=O)oc3cc(OCC(=O)NCCc4c[nH]c5ccc(F)cc45)ccc23)cc1. The first-order valence-electron chi connectivity index (χ1n) is 11.4. The van der Waals surface area contributed by atoms with Crippen LogP contribution in [0.2, 0.25) is 0 Å². The summed E-state index contributed by atoms with van der Waals surface area (Å²) in [5.41, 5.74) is 3.21.